The standard InChI is InChI=1S/C12H12N4O2S2/c1-8-7-19-12(15-8)9(2)16-20(17,18)11-4-3-10(5-13)14-6-11/h3-4,6-7,9,16H,1-2H3. The Balaban J connectivity index is 2.20. The molecule has 6 nitrogen and oxygen atoms in total. The van der Waals surface area contributed by atoms with Crippen molar-refractivity contribution in [3.8, 4) is 6.07 Å². The van der Waals surface area contributed by atoms with Gasteiger partial charge < -0.3 is 0 Å². The van der Waals surface area contributed by atoms with Gasteiger partial charge in [-0.1, -0.05) is 0 Å². The van der Waals surface area contributed by atoms with Gasteiger partial charge in [0.2, 0.25) is 10.0 Å². The summed E-state index contributed by atoms with van der Waals surface area (Å²) < 4.78 is 26.9. The first-order valence-electron chi connectivity index (χ1n) is 5.73. The Labute approximate surface area is 121 Å². The maximum Gasteiger partial charge on any atom is 0.242 e. The van der Waals surface area contributed by atoms with Crippen LogP contribution >= 0.6 is 11.3 Å². The van der Waals surface area contributed by atoms with Crippen LogP contribution in [0.15, 0.2) is 28.6 Å². The summed E-state index contributed by atoms with van der Waals surface area (Å²) in [4.78, 5) is 8.03. The van der Waals surface area contributed by atoms with Gasteiger partial charge in [0, 0.05) is 17.3 Å². The number of aryl methyl sites for hydroxylation is 1. The molecular formula is C12H12N4O2S2. The number of rotatable bonds is 4. The second-order valence-corrected chi connectivity index (χ2v) is 6.76. The predicted octanol–water partition coefficient (Wildman–Crippen LogP) is 1.76. The molecule has 20 heavy (non-hydrogen) atoms. The Kier molecular flexibility index (Phi) is 4.13. The molecule has 0 fully saturated rings. The molecule has 2 aromatic heterocycles. The van der Waals surface area contributed by atoms with Crippen LogP contribution in [0.1, 0.15) is 29.4 Å². The predicted molar refractivity (Wildman–Crippen MR) is 74.5 cm³/mol. The summed E-state index contributed by atoms with van der Waals surface area (Å²) in [5.74, 6) is 0. The molecular weight excluding hydrogens is 296 g/mol. The van der Waals surface area contributed by atoms with Gasteiger partial charge in [0.1, 0.15) is 21.7 Å². The Hall–Kier alpha value is -1.82. The molecule has 0 saturated heterocycles. The summed E-state index contributed by atoms with van der Waals surface area (Å²) in [6, 6.07) is 4.14. The molecule has 0 aliphatic heterocycles. The molecule has 1 N–H and O–H groups in total. The number of thiazole rings is 1. The van der Waals surface area contributed by atoms with Crippen molar-refractivity contribution in [2.75, 3.05) is 0 Å². The second kappa shape index (κ2) is 5.66. The molecule has 0 radical (unpaired) electrons. The van der Waals surface area contributed by atoms with E-state index in [0.29, 0.717) is 5.01 Å². The molecule has 0 aromatic carbocycles. The fraction of sp³-hybridized carbons (Fsp3) is 0.250. The van der Waals surface area contributed by atoms with E-state index < -0.39 is 16.1 Å². The lowest BCUT2D eigenvalue weighted by atomic mass is 10.4. The molecule has 2 aromatic rings. The number of hydrogen-bond acceptors (Lipinski definition) is 6. The van der Waals surface area contributed by atoms with Crippen LogP contribution in [0.5, 0.6) is 0 Å². The van der Waals surface area contributed by atoms with E-state index in [4.69, 9.17) is 5.26 Å². The van der Waals surface area contributed by atoms with Crippen LogP contribution in [-0.2, 0) is 10.0 Å². The topological polar surface area (TPSA) is 95.7 Å². The second-order valence-electron chi connectivity index (χ2n) is 4.16. The van der Waals surface area contributed by atoms with Gasteiger partial charge in [0.25, 0.3) is 0 Å². The van der Waals surface area contributed by atoms with Crippen LogP contribution in [0, 0.1) is 18.3 Å². The molecule has 2 heterocycles. The summed E-state index contributed by atoms with van der Waals surface area (Å²) in [6.07, 6.45) is 1.17. The number of hydrogen-bond donors (Lipinski definition) is 1. The number of pyridine rings is 1. The Morgan fingerprint density at radius 3 is 2.70 bits per heavy atom. The number of nitrogens with zero attached hydrogens (tertiary/aromatic N) is 3. The van der Waals surface area contributed by atoms with Gasteiger partial charge in [-0.05, 0) is 26.0 Å². The van der Waals surface area contributed by atoms with Crippen molar-refractivity contribution in [3.05, 3.63) is 40.1 Å². The SMILES string of the molecule is Cc1csc(C(C)NS(=O)(=O)c2ccc(C#N)nc2)n1. The van der Waals surface area contributed by atoms with E-state index in [1.807, 2.05) is 18.4 Å². The maximum absolute atomic E-state index is 12.2. The first-order chi connectivity index (χ1) is 9.42. The van der Waals surface area contributed by atoms with Crippen molar-refractivity contribution in [2.45, 2.75) is 24.8 Å². The minimum atomic E-state index is -3.68. The fourth-order valence-corrected chi connectivity index (χ4v) is 3.56. The van der Waals surface area contributed by atoms with Gasteiger partial charge in [0.15, 0.2) is 0 Å². The molecule has 0 bridgehead atoms. The van der Waals surface area contributed by atoms with Gasteiger partial charge in [-0.3, -0.25) is 0 Å². The van der Waals surface area contributed by atoms with Gasteiger partial charge >= 0.3 is 0 Å². The van der Waals surface area contributed by atoms with E-state index >= 15 is 0 Å². The van der Waals surface area contributed by atoms with Crippen LogP contribution in [0.4, 0.5) is 0 Å². The van der Waals surface area contributed by atoms with E-state index in [0.717, 1.165) is 5.69 Å². The van der Waals surface area contributed by atoms with Crippen molar-refractivity contribution in [1.82, 2.24) is 14.7 Å². The minimum Gasteiger partial charge on any atom is -0.245 e. The molecule has 0 aliphatic carbocycles. The van der Waals surface area contributed by atoms with E-state index in [2.05, 4.69) is 14.7 Å². The van der Waals surface area contributed by atoms with Crippen molar-refractivity contribution < 1.29 is 8.42 Å². The third-order valence-electron chi connectivity index (χ3n) is 2.50. The Bertz CT molecular complexity index is 745. The summed E-state index contributed by atoms with van der Waals surface area (Å²) >= 11 is 1.40. The summed E-state index contributed by atoms with van der Waals surface area (Å²) in [6.45, 7) is 3.58. The summed E-state index contributed by atoms with van der Waals surface area (Å²) in [5.41, 5.74) is 1.03. The fourth-order valence-electron chi connectivity index (χ4n) is 1.53. The lowest BCUT2D eigenvalue weighted by Crippen LogP contribution is -2.27. The van der Waals surface area contributed by atoms with Gasteiger partial charge in [-0.2, -0.15) is 5.26 Å². The van der Waals surface area contributed by atoms with E-state index in [1.54, 1.807) is 6.92 Å². The molecule has 0 amide bonds. The molecule has 104 valence electrons. The van der Waals surface area contributed by atoms with Crippen LogP contribution in [0.25, 0.3) is 0 Å². The van der Waals surface area contributed by atoms with E-state index in [-0.39, 0.29) is 10.6 Å². The summed E-state index contributed by atoms with van der Waals surface area (Å²) in [7, 11) is -3.68. The largest absolute Gasteiger partial charge is 0.245 e. The zero-order valence-electron chi connectivity index (χ0n) is 10.9. The number of aromatic nitrogens is 2. The zero-order chi connectivity index (χ0) is 14.8. The Morgan fingerprint density at radius 1 is 1.45 bits per heavy atom. The molecule has 2 rings (SSSR count). The van der Waals surface area contributed by atoms with Gasteiger partial charge in [0.05, 0.1) is 6.04 Å². The quantitative estimate of drug-likeness (QED) is 0.928. The highest BCUT2D eigenvalue weighted by Gasteiger charge is 2.20. The monoisotopic (exact) mass is 308 g/mol. The van der Waals surface area contributed by atoms with E-state index in [9.17, 15) is 8.42 Å². The first kappa shape index (κ1) is 14.6. The van der Waals surface area contributed by atoms with Gasteiger partial charge in [-0.15, -0.1) is 11.3 Å². The lowest BCUT2D eigenvalue weighted by molar-refractivity contribution is 0.565. The highest BCUT2D eigenvalue weighted by Crippen LogP contribution is 2.20. The van der Waals surface area contributed by atoms with Crippen LogP contribution in [0.3, 0.4) is 0 Å². The molecule has 1 unspecified atom stereocenters. The van der Waals surface area contributed by atoms with Crippen molar-refractivity contribution >= 4 is 21.4 Å². The number of sulfonamides is 1. The average Bonchev–Trinajstić information content (AvgIpc) is 2.85. The molecule has 1 atom stereocenters. The van der Waals surface area contributed by atoms with Crippen molar-refractivity contribution in [3.63, 3.8) is 0 Å². The maximum atomic E-state index is 12.2. The lowest BCUT2D eigenvalue weighted by Gasteiger charge is -2.11. The highest BCUT2D eigenvalue weighted by atomic mass is 32.2. The zero-order valence-corrected chi connectivity index (χ0v) is 12.5. The minimum absolute atomic E-state index is 0.0247. The van der Waals surface area contributed by atoms with Crippen molar-refractivity contribution in [2.24, 2.45) is 0 Å². The van der Waals surface area contributed by atoms with Crippen LogP contribution in [-0.4, -0.2) is 18.4 Å². The van der Waals surface area contributed by atoms with E-state index in [1.165, 1.54) is 29.7 Å². The van der Waals surface area contributed by atoms with Crippen LogP contribution < -0.4 is 4.72 Å². The van der Waals surface area contributed by atoms with Crippen LogP contribution in [0.2, 0.25) is 0 Å². The normalized spacial score (nSPS) is 12.8. The summed E-state index contributed by atoms with van der Waals surface area (Å²) in [5, 5.41) is 11.2. The first-order valence-corrected chi connectivity index (χ1v) is 8.09. The molecule has 0 spiro atoms. The molecule has 0 saturated carbocycles. The third-order valence-corrected chi connectivity index (χ3v) is 5.17. The average molecular weight is 308 g/mol. The van der Waals surface area contributed by atoms with Gasteiger partial charge in [-0.25, -0.2) is 23.1 Å². The highest BCUT2D eigenvalue weighted by molar-refractivity contribution is 7.89. The molecule has 0 aliphatic rings. The Morgan fingerprint density at radius 2 is 2.20 bits per heavy atom. The number of nitriles is 1. The number of nitrogens with one attached hydrogen (secondary N) is 1. The van der Waals surface area contributed by atoms with Crippen molar-refractivity contribution in [1.29, 1.82) is 5.26 Å². The smallest absolute Gasteiger partial charge is 0.242 e. The third kappa shape index (κ3) is 3.19. The molecule has 8 heteroatoms.